The molecule has 154 valence electrons. The molecule has 3 fully saturated rings. The van der Waals surface area contributed by atoms with E-state index in [9.17, 15) is 0 Å². The van der Waals surface area contributed by atoms with Gasteiger partial charge in [-0.05, 0) is 138 Å². The zero-order chi connectivity index (χ0) is 19.7. The third-order valence-electron chi connectivity index (χ3n) is 8.60. The van der Waals surface area contributed by atoms with Crippen LogP contribution in [0.3, 0.4) is 0 Å². The molecule has 1 unspecified atom stereocenters. The van der Waals surface area contributed by atoms with Gasteiger partial charge < -0.3 is 0 Å². The first kappa shape index (κ1) is 20.2. The molecule has 0 bridgehead atoms. The first-order valence-corrected chi connectivity index (χ1v) is 12.4. The van der Waals surface area contributed by atoms with Gasteiger partial charge in [-0.15, -0.1) is 0 Å². The van der Waals surface area contributed by atoms with Crippen LogP contribution in [0.1, 0.15) is 118 Å². The van der Waals surface area contributed by atoms with Gasteiger partial charge in [0.2, 0.25) is 0 Å². The number of allylic oxidation sites excluding steroid dienone is 8. The van der Waals surface area contributed by atoms with E-state index < -0.39 is 0 Å². The van der Waals surface area contributed by atoms with E-state index in [1.807, 2.05) is 16.7 Å². The summed E-state index contributed by atoms with van der Waals surface area (Å²) in [6.07, 6.45) is 19.5. The maximum atomic E-state index is 2.48. The molecule has 0 aromatic heterocycles. The van der Waals surface area contributed by atoms with Gasteiger partial charge in [-0.3, -0.25) is 0 Å². The average Bonchev–Trinajstić information content (AvgIpc) is 3.48. The fraction of sp³-hybridized carbons (Fsp3) is 0.714. The second-order valence-electron chi connectivity index (χ2n) is 10.1. The summed E-state index contributed by atoms with van der Waals surface area (Å²) in [6, 6.07) is 0. The van der Waals surface area contributed by atoms with E-state index >= 15 is 0 Å². The highest BCUT2D eigenvalue weighted by Gasteiger charge is 2.33. The normalized spacial score (nSPS) is 27.4. The third kappa shape index (κ3) is 3.73. The quantitative estimate of drug-likeness (QED) is 0.459. The molecule has 4 rings (SSSR count). The van der Waals surface area contributed by atoms with Crippen molar-refractivity contribution in [3.05, 3.63) is 44.6 Å². The van der Waals surface area contributed by atoms with Gasteiger partial charge in [-0.1, -0.05) is 36.5 Å². The molecule has 0 aromatic carbocycles. The molecule has 1 atom stereocenters. The Morgan fingerprint density at radius 1 is 0.821 bits per heavy atom. The maximum absolute atomic E-state index is 2.48. The molecule has 0 heterocycles. The van der Waals surface area contributed by atoms with Gasteiger partial charge in [-0.25, -0.2) is 0 Å². The average molecular weight is 379 g/mol. The lowest BCUT2D eigenvalue weighted by atomic mass is 9.78. The lowest BCUT2D eigenvalue weighted by molar-refractivity contribution is 0.522. The van der Waals surface area contributed by atoms with Gasteiger partial charge in [0.15, 0.2) is 0 Å². The fourth-order valence-corrected chi connectivity index (χ4v) is 6.82. The monoisotopic (exact) mass is 378 g/mol. The molecule has 4 aliphatic carbocycles. The summed E-state index contributed by atoms with van der Waals surface area (Å²) in [6.45, 7) is 9.89. The van der Waals surface area contributed by atoms with Crippen molar-refractivity contribution in [1.29, 1.82) is 0 Å². The van der Waals surface area contributed by atoms with Crippen LogP contribution in [0.5, 0.6) is 0 Å². The lowest BCUT2D eigenvalue weighted by Crippen LogP contribution is -2.12. The Morgan fingerprint density at radius 2 is 1.43 bits per heavy atom. The summed E-state index contributed by atoms with van der Waals surface area (Å²) in [5.74, 6) is 1.63. The van der Waals surface area contributed by atoms with Gasteiger partial charge in [-0.2, -0.15) is 0 Å². The van der Waals surface area contributed by atoms with Crippen molar-refractivity contribution >= 4 is 0 Å². The Bertz CT molecular complexity index is 714. The summed E-state index contributed by atoms with van der Waals surface area (Å²) in [5.41, 5.74) is 14.0. The molecule has 0 saturated heterocycles. The molecule has 0 spiro atoms. The standard InChI is InChI=1S/C28H42/c1-5-22-18-26(24-14-8-9-15-24)19(2)20(3)27(21(4)23-12-6-7-13-23)28(22)25-16-10-11-17-25/h22,24H,5-18H2,1-4H3. The van der Waals surface area contributed by atoms with E-state index in [1.165, 1.54) is 89.9 Å². The van der Waals surface area contributed by atoms with E-state index in [4.69, 9.17) is 0 Å². The van der Waals surface area contributed by atoms with Gasteiger partial charge in [0.1, 0.15) is 0 Å². The third-order valence-corrected chi connectivity index (χ3v) is 8.60. The zero-order valence-electron chi connectivity index (χ0n) is 19.1. The molecular formula is C28H42. The lowest BCUT2D eigenvalue weighted by Gasteiger charge is -2.26. The topological polar surface area (TPSA) is 0 Å². The van der Waals surface area contributed by atoms with Gasteiger partial charge in [0, 0.05) is 0 Å². The van der Waals surface area contributed by atoms with Crippen LogP contribution in [-0.4, -0.2) is 0 Å². The molecule has 0 N–H and O–H groups in total. The van der Waals surface area contributed by atoms with Crippen molar-refractivity contribution in [3.63, 3.8) is 0 Å². The molecule has 28 heavy (non-hydrogen) atoms. The molecule has 0 aromatic rings. The minimum atomic E-state index is 0.753. The maximum Gasteiger partial charge on any atom is -0.0121 e. The largest absolute Gasteiger partial charge is 0.0667 e. The van der Waals surface area contributed by atoms with Crippen LogP contribution in [0.25, 0.3) is 0 Å². The summed E-state index contributed by atoms with van der Waals surface area (Å²) < 4.78 is 0. The van der Waals surface area contributed by atoms with Crippen molar-refractivity contribution in [2.75, 3.05) is 0 Å². The van der Waals surface area contributed by atoms with Crippen molar-refractivity contribution in [1.82, 2.24) is 0 Å². The van der Waals surface area contributed by atoms with E-state index in [-0.39, 0.29) is 0 Å². The van der Waals surface area contributed by atoms with Crippen LogP contribution in [0.15, 0.2) is 44.6 Å². The smallest absolute Gasteiger partial charge is 0.0121 e. The van der Waals surface area contributed by atoms with E-state index in [0.717, 1.165) is 11.8 Å². The number of hydrogen-bond acceptors (Lipinski definition) is 0. The zero-order valence-corrected chi connectivity index (χ0v) is 19.1. The minimum absolute atomic E-state index is 0.753. The second-order valence-corrected chi connectivity index (χ2v) is 10.1. The van der Waals surface area contributed by atoms with Crippen LogP contribution in [-0.2, 0) is 0 Å². The molecular weight excluding hydrogens is 336 g/mol. The van der Waals surface area contributed by atoms with Crippen LogP contribution < -0.4 is 0 Å². The summed E-state index contributed by atoms with van der Waals surface area (Å²) in [5, 5.41) is 0. The number of hydrogen-bond donors (Lipinski definition) is 0. The Hall–Kier alpha value is -1.04. The first-order valence-electron chi connectivity index (χ1n) is 12.4. The Morgan fingerprint density at radius 3 is 2.04 bits per heavy atom. The van der Waals surface area contributed by atoms with E-state index in [0.29, 0.717) is 0 Å². The summed E-state index contributed by atoms with van der Waals surface area (Å²) >= 11 is 0. The van der Waals surface area contributed by atoms with Crippen LogP contribution in [0.4, 0.5) is 0 Å². The summed E-state index contributed by atoms with van der Waals surface area (Å²) in [4.78, 5) is 0. The predicted octanol–water partition coefficient (Wildman–Crippen LogP) is 9.00. The van der Waals surface area contributed by atoms with Crippen molar-refractivity contribution in [2.45, 2.75) is 118 Å². The molecule has 0 radical (unpaired) electrons. The highest BCUT2D eigenvalue weighted by atomic mass is 14.4. The highest BCUT2D eigenvalue weighted by Crippen LogP contribution is 2.49. The highest BCUT2D eigenvalue weighted by molar-refractivity contribution is 5.60. The van der Waals surface area contributed by atoms with Crippen molar-refractivity contribution < 1.29 is 0 Å². The Kier molecular flexibility index (Phi) is 6.34. The molecule has 0 nitrogen and oxygen atoms in total. The van der Waals surface area contributed by atoms with Crippen molar-refractivity contribution in [3.8, 4) is 0 Å². The second kappa shape index (κ2) is 8.76. The van der Waals surface area contributed by atoms with Crippen LogP contribution in [0.2, 0.25) is 0 Å². The SMILES string of the molecule is CCC1CC(C2CCCC2)=C(C)C(C)=C(C(C)=C2CCCC2)C1=C1CCCC1. The predicted molar refractivity (Wildman–Crippen MR) is 122 cm³/mol. The van der Waals surface area contributed by atoms with E-state index in [2.05, 4.69) is 27.7 Å². The van der Waals surface area contributed by atoms with Crippen molar-refractivity contribution in [2.24, 2.45) is 11.8 Å². The molecule has 0 amide bonds. The first-order chi connectivity index (χ1) is 13.6. The Balaban J connectivity index is 1.90. The van der Waals surface area contributed by atoms with E-state index in [1.54, 1.807) is 27.9 Å². The minimum Gasteiger partial charge on any atom is -0.0667 e. The molecule has 3 saturated carbocycles. The molecule has 4 aliphatic rings. The summed E-state index contributed by atoms with van der Waals surface area (Å²) in [7, 11) is 0. The van der Waals surface area contributed by atoms with Gasteiger partial charge in [0.05, 0.1) is 0 Å². The molecule has 0 aliphatic heterocycles. The molecule has 0 heteroatoms. The number of rotatable bonds is 3. The van der Waals surface area contributed by atoms with Crippen LogP contribution >= 0.6 is 0 Å². The van der Waals surface area contributed by atoms with Gasteiger partial charge >= 0.3 is 0 Å². The van der Waals surface area contributed by atoms with Crippen LogP contribution in [0, 0.1) is 11.8 Å². The Labute approximate surface area is 174 Å². The van der Waals surface area contributed by atoms with Gasteiger partial charge in [0.25, 0.3) is 0 Å². The fourth-order valence-electron chi connectivity index (χ4n) is 6.82.